The lowest BCUT2D eigenvalue weighted by atomic mass is 9.73. The minimum absolute atomic E-state index is 0.195. The first kappa shape index (κ1) is 12.0. The van der Waals surface area contributed by atoms with E-state index in [0.29, 0.717) is 19.3 Å². The van der Waals surface area contributed by atoms with Crippen molar-refractivity contribution in [3.63, 3.8) is 0 Å². The molecular weight excluding hydrogens is 196 g/mol. The summed E-state index contributed by atoms with van der Waals surface area (Å²) in [5.74, 6) is -1.04. The van der Waals surface area contributed by atoms with Gasteiger partial charge in [0.15, 0.2) is 0 Å². The lowest BCUT2D eigenvalue weighted by Crippen LogP contribution is -2.33. The fraction of sp³-hybridized carbons (Fsp3) is 0.818. The Morgan fingerprint density at radius 1 is 1.33 bits per heavy atom. The van der Waals surface area contributed by atoms with Crippen LogP contribution in [0.15, 0.2) is 0 Å². The molecule has 1 aliphatic carbocycles. The van der Waals surface area contributed by atoms with E-state index in [0.717, 1.165) is 0 Å². The molecule has 86 valence electrons. The molecule has 1 rings (SSSR count). The first-order valence-corrected chi connectivity index (χ1v) is 5.22. The van der Waals surface area contributed by atoms with Gasteiger partial charge in [-0.15, -0.1) is 0 Å². The van der Waals surface area contributed by atoms with Crippen LogP contribution < -0.4 is 0 Å². The van der Waals surface area contributed by atoms with Crippen molar-refractivity contribution in [1.82, 2.24) is 0 Å². The quantitative estimate of drug-likeness (QED) is 0.728. The number of carboxylic acid groups (broad SMARTS) is 1. The molecule has 1 fully saturated rings. The van der Waals surface area contributed by atoms with Crippen molar-refractivity contribution < 1.29 is 19.4 Å². The number of carbonyl (C=O) groups excluding carboxylic acids is 1. The summed E-state index contributed by atoms with van der Waals surface area (Å²) in [6.45, 7) is 5.48. The monoisotopic (exact) mass is 214 g/mol. The normalized spacial score (nSPS) is 25.5. The van der Waals surface area contributed by atoms with E-state index < -0.39 is 11.6 Å². The highest BCUT2D eigenvalue weighted by molar-refractivity contribution is 5.73. The summed E-state index contributed by atoms with van der Waals surface area (Å²) in [4.78, 5) is 21.9. The van der Waals surface area contributed by atoms with E-state index in [-0.39, 0.29) is 17.8 Å². The van der Waals surface area contributed by atoms with Crippen molar-refractivity contribution in [2.75, 3.05) is 0 Å². The minimum Gasteiger partial charge on any atom is -0.481 e. The van der Waals surface area contributed by atoms with Crippen molar-refractivity contribution in [3.05, 3.63) is 0 Å². The van der Waals surface area contributed by atoms with Crippen molar-refractivity contribution in [1.29, 1.82) is 0 Å². The summed E-state index contributed by atoms with van der Waals surface area (Å²) < 4.78 is 5.15. The maximum absolute atomic E-state index is 11.4. The van der Waals surface area contributed by atoms with Crippen LogP contribution in [0.2, 0.25) is 0 Å². The number of hydrogen-bond donors (Lipinski definition) is 1. The molecule has 15 heavy (non-hydrogen) atoms. The Labute approximate surface area is 89.6 Å². The minimum atomic E-state index is -0.754. The Kier molecular flexibility index (Phi) is 3.37. The average molecular weight is 214 g/mol. The van der Waals surface area contributed by atoms with E-state index in [1.165, 1.54) is 0 Å². The van der Waals surface area contributed by atoms with E-state index in [9.17, 15) is 9.59 Å². The van der Waals surface area contributed by atoms with Gasteiger partial charge < -0.3 is 9.84 Å². The van der Waals surface area contributed by atoms with Crippen LogP contribution in [0.4, 0.5) is 0 Å². The van der Waals surface area contributed by atoms with E-state index in [4.69, 9.17) is 9.84 Å². The van der Waals surface area contributed by atoms with Crippen LogP contribution >= 0.6 is 0 Å². The zero-order valence-electron chi connectivity index (χ0n) is 9.45. The molecule has 1 aliphatic rings. The van der Waals surface area contributed by atoms with Crippen LogP contribution in [0, 0.1) is 11.8 Å². The Morgan fingerprint density at radius 2 is 1.87 bits per heavy atom. The third kappa shape index (κ3) is 3.90. The van der Waals surface area contributed by atoms with Crippen LogP contribution in [-0.4, -0.2) is 22.6 Å². The number of carboxylic acids is 1. The smallest absolute Gasteiger partial charge is 0.306 e. The van der Waals surface area contributed by atoms with Gasteiger partial charge in [0.1, 0.15) is 5.60 Å². The van der Waals surface area contributed by atoms with Gasteiger partial charge in [0.25, 0.3) is 0 Å². The van der Waals surface area contributed by atoms with Crippen molar-refractivity contribution in [2.45, 2.75) is 45.6 Å². The molecule has 0 atom stereocenters. The second kappa shape index (κ2) is 4.21. The summed E-state index contributed by atoms with van der Waals surface area (Å²) in [6, 6.07) is 0. The fourth-order valence-electron chi connectivity index (χ4n) is 1.72. The Bertz CT molecular complexity index is 258. The number of carbonyl (C=O) groups is 2. The van der Waals surface area contributed by atoms with Crippen LogP contribution in [0.1, 0.15) is 40.0 Å². The van der Waals surface area contributed by atoms with Gasteiger partial charge >= 0.3 is 11.9 Å². The molecule has 4 heteroatoms. The van der Waals surface area contributed by atoms with E-state index in [1.807, 2.05) is 20.8 Å². The van der Waals surface area contributed by atoms with E-state index in [1.54, 1.807) is 0 Å². The molecule has 0 aliphatic heterocycles. The molecule has 0 heterocycles. The molecule has 0 spiro atoms. The molecule has 0 unspecified atom stereocenters. The van der Waals surface area contributed by atoms with Crippen molar-refractivity contribution in [2.24, 2.45) is 11.8 Å². The van der Waals surface area contributed by atoms with Gasteiger partial charge in [0.05, 0.1) is 5.92 Å². The second-order valence-corrected chi connectivity index (χ2v) is 5.16. The number of aliphatic carboxylic acids is 1. The van der Waals surface area contributed by atoms with Gasteiger partial charge in [-0.25, -0.2) is 0 Å². The highest BCUT2D eigenvalue weighted by atomic mass is 16.6. The van der Waals surface area contributed by atoms with Gasteiger partial charge in [-0.3, -0.25) is 9.59 Å². The summed E-state index contributed by atoms with van der Waals surface area (Å²) in [5, 5.41) is 8.66. The molecule has 0 saturated heterocycles. The van der Waals surface area contributed by atoms with E-state index in [2.05, 4.69) is 0 Å². The highest BCUT2D eigenvalue weighted by Crippen LogP contribution is 2.36. The van der Waals surface area contributed by atoms with Gasteiger partial charge in [-0.2, -0.15) is 0 Å². The second-order valence-electron chi connectivity index (χ2n) is 5.16. The summed E-state index contributed by atoms with van der Waals surface area (Å²) in [7, 11) is 0. The van der Waals surface area contributed by atoms with Gasteiger partial charge in [0.2, 0.25) is 0 Å². The van der Waals surface area contributed by atoms with Gasteiger partial charge in [0, 0.05) is 6.42 Å². The summed E-state index contributed by atoms with van der Waals surface area (Å²) in [6.07, 6.45) is 1.56. The predicted octanol–water partition coefficient (Wildman–Crippen LogP) is 1.83. The molecule has 0 bridgehead atoms. The molecule has 0 aromatic carbocycles. The number of ether oxygens (including phenoxy) is 1. The molecule has 0 aromatic rings. The maximum Gasteiger partial charge on any atom is 0.306 e. The Balaban J connectivity index is 2.22. The number of esters is 1. The standard InChI is InChI=1S/C11H18O4/c1-11(2,3)15-9(12)6-7-4-8(5-7)10(13)14/h7-8H,4-6H2,1-3H3,(H,13,14). The first-order chi connectivity index (χ1) is 6.78. The third-order valence-corrected chi connectivity index (χ3v) is 2.46. The first-order valence-electron chi connectivity index (χ1n) is 5.22. The lowest BCUT2D eigenvalue weighted by Gasteiger charge is -2.32. The SMILES string of the molecule is CC(C)(C)OC(=O)CC1CC(C(=O)O)C1. The topological polar surface area (TPSA) is 63.6 Å². The summed E-state index contributed by atoms with van der Waals surface area (Å²) >= 11 is 0. The van der Waals surface area contributed by atoms with Crippen molar-refractivity contribution in [3.8, 4) is 0 Å². The largest absolute Gasteiger partial charge is 0.481 e. The predicted molar refractivity (Wildman–Crippen MR) is 54.3 cm³/mol. The zero-order chi connectivity index (χ0) is 11.6. The van der Waals surface area contributed by atoms with Crippen LogP contribution in [0.25, 0.3) is 0 Å². The molecule has 0 amide bonds. The third-order valence-electron chi connectivity index (χ3n) is 2.46. The molecule has 1 N–H and O–H groups in total. The lowest BCUT2D eigenvalue weighted by molar-refractivity contribution is -0.159. The average Bonchev–Trinajstić information content (AvgIpc) is 1.91. The fourth-order valence-corrected chi connectivity index (χ4v) is 1.72. The van der Waals surface area contributed by atoms with Crippen LogP contribution in [0.5, 0.6) is 0 Å². The zero-order valence-corrected chi connectivity index (χ0v) is 9.45. The van der Waals surface area contributed by atoms with Crippen LogP contribution in [-0.2, 0) is 14.3 Å². The Hall–Kier alpha value is -1.06. The summed E-state index contributed by atoms with van der Waals surface area (Å²) in [5.41, 5.74) is -0.451. The molecular formula is C11H18O4. The van der Waals surface area contributed by atoms with Crippen LogP contribution in [0.3, 0.4) is 0 Å². The van der Waals surface area contributed by atoms with E-state index >= 15 is 0 Å². The van der Waals surface area contributed by atoms with Crippen molar-refractivity contribution >= 4 is 11.9 Å². The highest BCUT2D eigenvalue weighted by Gasteiger charge is 2.36. The van der Waals surface area contributed by atoms with Gasteiger partial charge in [-0.1, -0.05) is 0 Å². The molecule has 1 saturated carbocycles. The maximum atomic E-state index is 11.4. The number of rotatable bonds is 3. The molecule has 4 nitrogen and oxygen atoms in total. The molecule has 0 aromatic heterocycles. The molecule has 0 radical (unpaired) electrons. The van der Waals surface area contributed by atoms with Gasteiger partial charge in [-0.05, 0) is 39.5 Å². The Morgan fingerprint density at radius 3 is 2.27 bits per heavy atom. The number of hydrogen-bond acceptors (Lipinski definition) is 3.